The minimum absolute atomic E-state index is 0.0334. The van der Waals surface area contributed by atoms with Gasteiger partial charge in [-0.3, -0.25) is 18.6 Å². The molecule has 0 heterocycles. The molecule has 49 heavy (non-hydrogen) atoms. The van der Waals surface area contributed by atoms with Crippen molar-refractivity contribution in [2.45, 2.75) is 180 Å². The van der Waals surface area contributed by atoms with Crippen LogP contribution in [-0.2, 0) is 32.7 Å². The van der Waals surface area contributed by atoms with E-state index in [1.165, 1.54) is 96.3 Å². The van der Waals surface area contributed by atoms with Crippen molar-refractivity contribution in [2.75, 3.05) is 47.5 Å². The Bertz CT molecular complexity index is 860. The summed E-state index contributed by atoms with van der Waals surface area (Å²) < 4.78 is 34.1. The number of phosphoric acid groups is 1. The number of carbonyl (C=O) groups is 2. The van der Waals surface area contributed by atoms with Crippen molar-refractivity contribution in [3.05, 3.63) is 12.2 Å². The smallest absolute Gasteiger partial charge is 0.462 e. The number of esters is 2. The molecule has 0 aromatic rings. The molecule has 290 valence electrons. The fraction of sp³-hybridized carbons (Fsp3) is 0.897. The number of carbonyl (C=O) groups excluding carboxylic acids is 2. The van der Waals surface area contributed by atoms with Gasteiger partial charge in [0.1, 0.15) is 19.8 Å². The van der Waals surface area contributed by atoms with E-state index < -0.39 is 26.5 Å². The van der Waals surface area contributed by atoms with E-state index in [1.807, 2.05) is 21.1 Å². The maximum absolute atomic E-state index is 12.6. The summed E-state index contributed by atoms with van der Waals surface area (Å²) in [6.45, 7) is 4.38. The SMILES string of the molecule is CCCCCCCC/C=C/CCCCCCCCCC(=O)O[C@H](COC(=O)CCCCCCCCCC)COP(=O)(O)OCC[N+](C)(C)C. The Morgan fingerprint density at radius 3 is 1.51 bits per heavy atom. The topological polar surface area (TPSA) is 108 Å². The number of allylic oxidation sites excluding steroid dienone is 2. The van der Waals surface area contributed by atoms with Crippen LogP contribution in [0.4, 0.5) is 0 Å². The van der Waals surface area contributed by atoms with Gasteiger partial charge in [0.2, 0.25) is 0 Å². The lowest BCUT2D eigenvalue weighted by Crippen LogP contribution is -2.37. The van der Waals surface area contributed by atoms with Gasteiger partial charge in [-0.1, -0.05) is 135 Å². The summed E-state index contributed by atoms with van der Waals surface area (Å²) in [6.07, 6.45) is 31.2. The second-order valence-electron chi connectivity index (χ2n) is 14.7. The quantitative estimate of drug-likeness (QED) is 0.0224. The Hall–Kier alpha value is -1.25. The van der Waals surface area contributed by atoms with Gasteiger partial charge in [-0.2, -0.15) is 0 Å². The number of nitrogens with zero attached hydrogens (tertiary/aromatic N) is 1. The molecule has 0 aliphatic carbocycles. The third-order valence-electron chi connectivity index (χ3n) is 8.55. The van der Waals surface area contributed by atoms with Gasteiger partial charge in [0.05, 0.1) is 27.7 Å². The molecule has 9 nitrogen and oxygen atoms in total. The zero-order valence-electron chi connectivity index (χ0n) is 32.4. The van der Waals surface area contributed by atoms with Gasteiger partial charge in [-0.15, -0.1) is 0 Å². The molecule has 0 rings (SSSR count). The predicted octanol–water partition coefficient (Wildman–Crippen LogP) is 10.6. The summed E-state index contributed by atoms with van der Waals surface area (Å²) in [7, 11) is 1.48. The van der Waals surface area contributed by atoms with Crippen molar-refractivity contribution in [1.82, 2.24) is 0 Å². The molecule has 0 aromatic carbocycles. The highest BCUT2D eigenvalue weighted by atomic mass is 31.2. The number of hydrogen-bond donors (Lipinski definition) is 1. The summed E-state index contributed by atoms with van der Waals surface area (Å²) in [5.74, 6) is -0.804. The average Bonchev–Trinajstić information content (AvgIpc) is 3.04. The number of phosphoric ester groups is 1. The Labute approximate surface area is 301 Å². The summed E-state index contributed by atoms with van der Waals surface area (Å²) >= 11 is 0. The molecule has 2 atom stereocenters. The number of unbranched alkanes of at least 4 members (excludes halogenated alkanes) is 20. The highest BCUT2D eigenvalue weighted by molar-refractivity contribution is 7.47. The molecule has 0 aliphatic heterocycles. The van der Waals surface area contributed by atoms with Crippen LogP contribution >= 0.6 is 7.82 Å². The predicted molar refractivity (Wildman–Crippen MR) is 201 cm³/mol. The first kappa shape index (κ1) is 47.8. The van der Waals surface area contributed by atoms with E-state index in [9.17, 15) is 19.0 Å². The number of rotatable bonds is 36. The van der Waals surface area contributed by atoms with Crippen molar-refractivity contribution >= 4 is 19.8 Å². The monoisotopic (exact) mass is 719 g/mol. The summed E-state index contributed by atoms with van der Waals surface area (Å²) in [6, 6.07) is 0. The fourth-order valence-electron chi connectivity index (χ4n) is 5.36. The largest absolute Gasteiger partial charge is 0.472 e. The molecular formula is C39H77NO8P+. The van der Waals surface area contributed by atoms with Crippen LogP contribution in [0.1, 0.15) is 174 Å². The fourth-order valence-corrected chi connectivity index (χ4v) is 6.10. The molecule has 1 N–H and O–H groups in total. The molecule has 0 saturated carbocycles. The van der Waals surface area contributed by atoms with Gasteiger partial charge >= 0.3 is 19.8 Å². The zero-order valence-corrected chi connectivity index (χ0v) is 33.3. The summed E-state index contributed by atoms with van der Waals surface area (Å²) in [4.78, 5) is 35.1. The Morgan fingerprint density at radius 2 is 1.04 bits per heavy atom. The zero-order chi connectivity index (χ0) is 36.5. The summed E-state index contributed by atoms with van der Waals surface area (Å²) in [5, 5.41) is 0. The molecule has 0 amide bonds. The highest BCUT2D eigenvalue weighted by Crippen LogP contribution is 2.43. The third kappa shape index (κ3) is 36.3. The van der Waals surface area contributed by atoms with Gasteiger partial charge in [0.25, 0.3) is 0 Å². The van der Waals surface area contributed by atoms with Crippen molar-refractivity contribution in [2.24, 2.45) is 0 Å². The highest BCUT2D eigenvalue weighted by Gasteiger charge is 2.27. The molecule has 0 fully saturated rings. The van der Waals surface area contributed by atoms with Gasteiger partial charge in [-0.25, -0.2) is 4.57 Å². The van der Waals surface area contributed by atoms with Crippen LogP contribution in [0.2, 0.25) is 0 Å². The van der Waals surface area contributed by atoms with Crippen LogP contribution in [-0.4, -0.2) is 74.9 Å². The Morgan fingerprint density at radius 1 is 0.612 bits per heavy atom. The molecule has 0 spiro atoms. The number of ether oxygens (including phenoxy) is 2. The van der Waals surface area contributed by atoms with Gasteiger partial charge in [0.15, 0.2) is 6.10 Å². The minimum Gasteiger partial charge on any atom is -0.462 e. The first-order valence-electron chi connectivity index (χ1n) is 19.9. The van der Waals surface area contributed by atoms with Crippen molar-refractivity contribution < 1.29 is 42.1 Å². The van der Waals surface area contributed by atoms with Gasteiger partial charge in [0, 0.05) is 12.8 Å². The van der Waals surface area contributed by atoms with Gasteiger partial charge < -0.3 is 18.9 Å². The first-order chi connectivity index (χ1) is 23.5. The second-order valence-corrected chi connectivity index (χ2v) is 16.1. The maximum atomic E-state index is 12.6. The molecule has 10 heteroatoms. The molecule has 0 saturated heterocycles. The van der Waals surface area contributed by atoms with Crippen LogP contribution in [0.5, 0.6) is 0 Å². The maximum Gasteiger partial charge on any atom is 0.472 e. The van der Waals surface area contributed by atoms with Crippen LogP contribution in [0, 0.1) is 0 Å². The Balaban J connectivity index is 4.34. The molecule has 1 unspecified atom stereocenters. The van der Waals surface area contributed by atoms with Crippen LogP contribution < -0.4 is 0 Å². The van der Waals surface area contributed by atoms with E-state index in [0.29, 0.717) is 23.9 Å². The van der Waals surface area contributed by atoms with E-state index in [4.69, 9.17) is 18.5 Å². The lowest BCUT2D eigenvalue weighted by molar-refractivity contribution is -0.870. The van der Waals surface area contributed by atoms with E-state index in [-0.39, 0.29) is 25.6 Å². The number of likely N-dealkylation sites (N-methyl/N-ethyl adjacent to an activating group) is 1. The normalized spacial score (nSPS) is 13.8. The van der Waals surface area contributed by atoms with E-state index in [1.54, 1.807) is 0 Å². The van der Waals surface area contributed by atoms with Gasteiger partial charge in [-0.05, 0) is 38.5 Å². The molecule has 0 aromatic heterocycles. The first-order valence-corrected chi connectivity index (χ1v) is 21.4. The van der Waals surface area contributed by atoms with Crippen molar-refractivity contribution in [3.8, 4) is 0 Å². The third-order valence-corrected chi connectivity index (χ3v) is 9.53. The second kappa shape index (κ2) is 32.6. The molecule has 0 radical (unpaired) electrons. The lowest BCUT2D eigenvalue weighted by Gasteiger charge is -2.24. The minimum atomic E-state index is -4.36. The molecule has 0 bridgehead atoms. The van der Waals surface area contributed by atoms with E-state index >= 15 is 0 Å². The molecular weight excluding hydrogens is 641 g/mol. The number of hydrogen-bond acceptors (Lipinski definition) is 7. The average molecular weight is 719 g/mol. The van der Waals surface area contributed by atoms with Crippen LogP contribution in [0.15, 0.2) is 12.2 Å². The summed E-state index contributed by atoms with van der Waals surface area (Å²) in [5.41, 5.74) is 0. The molecule has 0 aliphatic rings. The van der Waals surface area contributed by atoms with Crippen molar-refractivity contribution in [3.63, 3.8) is 0 Å². The van der Waals surface area contributed by atoms with E-state index in [2.05, 4.69) is 26.0 Å². The van der Waals surface area contributed by atoms with Crippen LogP contribution in [0.25, 0.3) is 0 Å². The van der Waals surface area contributed by atoms with Crippen molar-refractivity contribution in [1.29, 1.82) is 0 Å². The Kier molecular flexibility index (Phi) is 31.8. The lowest BCUT2D eigenvalue weighted by atomic mass is 10.1. The number of quaternary nitrogens is 1. The standard InChI is InChI=1S/C39H76NO8P/c1-6-8-10-12-14-16-17-18-19-20-21-22-23-24-26-28-30-32-39(42)48-37(36-47-49(43,44)46-34-33-40(3,4)5)35-45-38(41)31-29-27-25-15-13-11-9-7-2/h18-19,37H,6-17,20-36H2,1-5H3/p+1/b19-18+/t37-/m1/s1. The van der Waals surface area contributed by atoms with E-state index in [0.717, 1.165) is 44.9 Å². The van der Waals surface area contributed by atoms with Crippen LogP contribution in [0.3, 0.4) is 0 Å².